The van der Waals surface area contributed by atoms with Crippen LogP contribution in [0.2, 0.25) is 0 Å². The molecule has 1 saturated carbocycles. The normalized spacial score (nSPS) is 37.5. The number of aliphatic hydroxyl groups is 1. The number of fused-ring (bicyclic) bond motifs is 1. The van der Waals surface area contributed by atoms with Crippen molar-refractivity contribution in [2.45, 2.75) is 66.2 Å². The average Bonchev–Trinajstić information content (AvgIpc) is 2.52. The first kappa shape index (κ1) is 19.2. The van der Waals surface area contributed by atoms with Gasteiger partial charge in [-0.1, -0.05) is 39.7 Å². The molecule has 0 amide bonds. The minimum absolute atomic E-state index is 0.0516. The van der Waals surface area contributed by atoms with Crippen LogP contribution in [-0.2, 0) is 9.59 Å². The first-order valence-electron chi connectivity index (χ1n) is 9.22. The number of hydrogen-bond donors (Lipinski definition) is 2. The van der Waals surface area contributed by atoms with Gasteiger partial charge in [0, 0.05) is 17.8 Å². The van der Waals surface area contributed by atoms with E-state index in [2.05, 4.69) is 13.8 Å². The zero-order chi connectivity index (χ0) is 18.1. The molecule has 1 fully saturated rings. The Kier molecular flexibility index (Phi) is 5.58. The van der Waals surface area contributed by atoms with Crippen LogP contribution in [0.3, 0.4) is 0 Å². The Bertz CT molecular complexity index is 538. The second kappa shape index (κ2) is 6.99. The summed E-state index contributed by atoms with van der Waals surface area (Å²) in [5.74, 6) is -0.219. The Balaban J connectivity index is 2.26. The quantitative estimate of drug-likeness (QED) is 0.773. The van der Waals surface area contributed by atoms with Gasteiger partial charge in [0.15, 0.2) is 5.78 Å². The van der Waals surface area contributed by atoms with Gasteiger partial charge >= 0.3 is 5.97 Å². The first-order valence-corrected chi connectivity index (χ1v) is 9.22. The molecule has 2 rings (SSSR count). The predicted molar refractivity (Wildman–Crippen MR) is 93.5 cm³/mol. The van der Waals surface area contributed by atoms with Crippen LogP contribution in [0.4, 0.5) is 0 Å². The van der Waals surface area contributed by atoms with E-state index in [-0.39, 0.29) is 41.5 Å². The maximum Gasteiger partial charge on any atom is 0.303 e. The van der Waals surface area contributed by atoms with Crippen molar-refractivity contribution in [1.29, 1.82) is 0 Å². The molecule has 0 aromatic carbocycles. The lowest BCUT2D eigenvalue weighted by molar-refractivity contribution is -0.138. The van der Waals surface area contributed by atoms with E-state index in [1.54, 1.807) is 0 Å². The van der Waals surface area contributed by atoms with Gasteiger partial charge in [0.1, 0.15) is 0 Å². The standard InChI is InChI=1S/C20H32O4/c1-13(10-18(23)24)7-9-20(4)14(2)17(22)11-16-15(20)6-5-8-19(16,3)12-21/h11,13-15,21H,5-10,12H2,1-4H3,(H,23,24). The summed E-state index contributed by atoms with van der Waals surface area (Å²) in [7, 11) is 0. The number of rotatable bonds is 6. The summed E-state index contributed by atoms with van der Waals surface area (Å²) in [5, 5.41) is 18.9. The molecular weight excluding hydrogens is 304 g/mol. The van der Waals surface area contributed by atoms with E-state index in [1.807, 2.05) is 19.9 Å². The highest BCUT2D eigenvalue weighted by Crippen LogP contribution is 2.57. The second-order valence-corrected chi connectivity index (χ2v) is 8.63. The number of carbonyl (C=O) groups is 2. The summed E-state index contributed by atoms with van der Waals surface area (Å²) < 4.78 is 0. The third kappa shape index (κ3) is 3.44. The van der Waals surface area contributed by atoms with Gasteiger partial charge in [-0.2, -0.15) is 0 Å². The van der Waals surface area contributed by atoms with E-state index >= 15 is 0 Å². The molecule has 5 unspecified atom stereocenters. The van der Waals surface area contributed by atoms with Gasteiger partial charge in [-0.05, 0) is 49.0 Å². The van der Waals surface area contributed by atoms with Gasteiger partial charge in [-0.3, -0.25) is 9.59 Å². The Hall–Kier alpha value is -1.16. The lowest BCUT2D eigenvalue weighted by atomic mass is 9.51. The smallest absolute Gasteiger partial charge is 0.303 e. The van der Waals surface area contributed by atoms with Crippen LogP contribution >= 0.6 is 0 Å². The van der Waals surface area contributed by atoms with E-state index in [0.717, 1.165) is 37.7 Å². The molecule has 24 heavy (non-hydrogen) atoms. The number of carboxylic acids is 1. The van der Waals surface area contributed by atoms with Crippen LogP contribution in [0.1, 0.15) is 66.2 Å². The van der Waals surface area contributed by atoms with Gasteiger partial charge in [0.05, 0.1) is 6.61 Å². The molecule has 4 heteroatoms. The number of carboxylic acid groups (broad SMARTS) is 1. The molecule has 0 aliphatic heterocycles. The van der Waals surface area contributed by atoms with Gasteiger partial charge in [-0.15, -0.1) is 0 Å². The number of aliphatic carboxylic acids is 1. The number of aliphatic hydroxyl groups excluding tert-OH is 1. The van der Waals surface area contributed by atoms with E-state index in [9.17, 15) is 14.7 Å². The minimum atomic E-state index is -0.758. The summed E-state index contributed by atoms with van der Waals surface area (Å²) in [5.41, 5.74) is 0.699. The van der Waals surface area contributed by atoms with Crippen LogP contribution < -0.4 is 0 Å². The minimum Gasteiger partial charge on any atom is -0.481 e. The molecule has 0 aromatic rings. The van der Waals surface area contributed by atoms with Crippen LogP contribution in [0.5, 0.6) is 0 Å². The van der Waals surface area contributed by atoms with Crippen LogP contribution in [0.25, 0.3) is 0 Å². The molecule has 4 nitrogen and oxygen atoms in total. The molecular formula is C20H32O4. The van der Waals surface area contributed by atoms with Crippen molar-refractivity contribution in [3.05, 3.63) is 11.6 Å². The molecule has 2 N–H and O–H groups in total. The molecule has 0 heterocycles. The maximum absolute atomic E-state index is 12.6. The van der Waals surface area contributed by atoms with E-state index in [1.165, 1.54) is 0 Å². The van der Waals surface area contributed by atoms with Crippen molar-refractivity contribution < 1.29 is 19.8 Å². The molecule has 2 aliphatic carbocycles. The van der Waals surface area contributed by atoms with Gasteiger partial charge in [0.2, 0.25) is 0 Å². The predicted octanol–water partition coefficient (Wildman–Crippen LogP) is 3.83. The first-order chi connectivity index (χ1) is 11.1. The van der Waals surface area contributed by atoms with E-state index in [4.69, 9.17) is 5.11 Å². The molecule has 0 bridgehead atoms. The molecule has 0 radical (unpaired) electrons. The third-order valence-corrected chi connectivity index (χ3v) is 6.85. The van der Waals surface area contributed by atoms with Crippen molar-refractivity contribution in [2.24, 2.45) is 28.6 Å². The Labute approximate surface area is 145 Å². The summed E-state index contributed by atoms with van der Waals surface area (Å²) >= 11 is 0. The van der Waals surface area contributed by atoms with Crippen molar-refractivity contribution in [3.63, 3.8) is 0 Å². The Morgan fingerprint density at radius 3 is 2.67 bits per heavy atom. The zero-order valence-electron chi connectivity index (χ0n) is 15.5. The Morgan fingerprint density at radius 2 is 2.08 bits per heavy atom. The highest BCUT2D eigenvalue weighted by molar-refractivity contribution is 5.94. The van der Waals surface area contributed by atoms with Crippen molar-refractivity contribution >= 4 is 11.8 Å². The molecule has 0 saturated heterocycles. The molecule has 5 atom stereocenters. The fourth-order valence-corrected chi connectivity index (χ4v) is 4.80. The van der Waals surface area contributed by atoms with Gasteiger partial charge in [-0.25, -0.2) is 0 Å². The third-order valence-electron chi connectivity index (χ3n) is 6.85. The molecule has 0 spiro atoms. The summed E-state index contributed by atoms with van der Waals surface area (Å²) in [6.45, 7) is 8.35. The van der Waals surface area contributed by atoms with E-state index in [0.29, 0.717) is 5.92 Å². The van der Waals surface area contributed by atoms with Crippen molar-refractivity contribution in [1.82, 2.24) is 0 Å². The molecule has 0 aromatic heterocycles. The summed E-state index contributed by atoms with van der Waals surface area (Å²) in [6, 6.07) is 0. The lowest BCUT2D eigenvalue weighted by Gasteiger charge is -2.53. The highest BCUT2D eigenvalue weighted by Gasteiger charge is 2.51. The van der Waals surface area contributed by atoms with Crippen LogP contribution in [0, 0.1) is 28.6 Å². The summed E-state index contributed by atoms with van der Waals surface area (Å²) in [6.07, 6.45) is 6.73. The van der Waals surface area contributed by atoms with Crippen molar-refractivity contribution in [3.8, 4) is 0 Å². The Morgan fingerprint density at radius 1 is 1.42 bits per heavy atom. The lowest BCUT2D eigenvalue weighted by Crippen LogP contribution is -2.48. The fraction of sp³-hybridized carbons (Fsp3) is 0.800. The highest BCUT2D eigenvalue weighted by atomic mass is 16.4. The average molecular weight is 336 g/mol. The topological polar surface area (TPSA) is 74.6 Å². The fourth-order valence-electron chi connectivity index (χ4n) is 4.80. The van der Waals surface area contributed by atoms with Gasteiger partial charge in [0.25, 0.3) is 0 Å². The number of ketones is 1. The van der Waals surface area contributed by atoms with E-state index < -0.39 is 5.97 Å². The summed E-state index contributed by atoms with van der Waals surface area (Å²) in [4.78, 5) is 23.6. The second-order valence-electron chi connectivity index (χ2n) is 8.63. The van der Waals surface area contributed by atoms with Gasteiger partial charge < -0.3 is 10.2 Å². The number of carbonyl (C=O) groups excluding carboxylic acids is 1. The largest absolute Gasteiger partial charge is 0.481 e. The number of hydrogen-bond acceptors (Lipinski definition) is 3. The maximum atomic E-state index is 12.6. The monoisotopic (exact) mass is 336 g/mol. The SMILES string of the molecule is CC(CCC1(C)C(C)C(=O)C=C2C1CCCC2(C)CO)CC(=O)O. The van der Waals surface area contributed by atoms with Crippen LogP contribution in [0.15, 0.2) is 11.6 Å². The number of allylic oxidation sites excluding steroid dienone is 1. The zero-order valence-corrected chi connectivity index (χ0v) is 15.5. The van der Waals surface area contributed by atoms with Crippen molar-refractivity contribution in [2.75, 3.05) is 6.61 Å². The molecule has 2 aliphatic rings. The van der Waals surface area contributed by atoms with Crippen LogP contribution in [-0.4, -0.2) is 28.6 Å². The molecule has 136 valence electrons.